The highest BCUT2D eigenvalue weighted by Gasteiger charge is 2.22. The van der Waals surface area contributed by atoms with E-state index in [1.54, 1.807) is 24.3 Å². The van der Waals surface area contributed by atoms with Gasteiger partial charge in [-0.05, 0) is 72.2 Å². The Morgan fingerprint density at radius 2 is 1.75 bits per heavy atom. The molecule has 1 aliphatic heterocycles. The Hall–Kier alpha value is -2.04. The van der Waals surface area contributed by atoms with Crippen LogP contribution in [0.2, 0.25) is 0 Å². The van der Waals surface area contributed by atoms with Crippen molar-refractivity contribution in [2.24, 2.45) is 0 Å². The summed E-state index contributed by atoms with van der Waals surface area (Å²) in [6.07, 6.45) is 0. The van der Waals surface area contributed by atoms with Gasteiger partial charge in [-0.15, -0.1) is 0 Å². The number of hydrogen-bond acceptors (Lipinski definition) is 4. The Kier molecular flexibility index (Phi) is 6.97. The second kappa shape index (κ2) is 9.44. The van der Waals surface area contributed by atoms with E-state index < -0.39 is 0 Å². The van der Waals surface area contributed by atoms with Crippen LogP contribution in [0.3, 0.4) is 0 Å². The Balaban J connectivity index is 1.68. The summed E-state index contributed by atoms with van der Waals surface area (Å²) >= 11 is 7.44. The third kappa shape index (κ3) is 5.27. The molecule has 28 heavy (non-hydrogen) atoms. The molecule has 1 aliphatic rings. The molecule has 2 aromatic rings. The van der Waals surface area contributed by atoms with Crippen molar-refractivity contribution in [2.45, 2.75) is 0 Å². The van der Waals surface area contributed by atoms with Gasteiger partial charge in [0.15, 0.2) is 5.11 Å². The number of anilines is 1. The smallest absolute Gasteiger partial charge is 0.257 e. The van der Waals surface area contributed by atoms with Crippen molar-refractivity contribution in [3.8, 4) is 0 Å². The summed E-state index contributed by atoms with van der Waals surface area (Å²) in [5, 5.41) is 5.82. The topological polar surface area (TPSA) is 64.7 Å². The van der Waals surface area contributed by atoms with E-state index in [1.807, 2.05) is 36.2 Å². The van der Waals surface area contributed by atoms with Gasteiger partial charge in [0.1, 0.15) is 0 Å². The quantitative estimate of drug-likeness (QED) is 0.494. The van der Waals surface area contributed by atoms with Crippen LogP contribution in [0.1, 0.15) is 20.7 Å². The second-order valence-electron chi connectivity index (χ2n) is 6.56. The minimum Gasteiger partial charge on any atom is -0.336 e. The lowest BCUT2D eigenvalue weighted by Crippen LogP contribution is -2.47. The molecular formula is C20H21IN4O2S. The van der Waals surface area contributed by atoms with Crippen molar-refractivity contribution < 1.29 is 9.59 Å². The molecule has 0 aromatic heterocycles. The standard InChI is InChI=1S/C20H21IN4O2S/c1-24-9-11-25(12-10-24)19(27)16-7-2-3-8-17(16)22-20(28)23-18(26)14-5-4-6-15(21)13-14/h2-8,13H,9-12H2,1H3,(H2,22,23,26,28). The van der Waals surface area contributed by atoms with Crippen molar-refractivity contribution in [3.05, 3.63) is 63.2 Å². The normalized spacial score (nSPS) is 14.4. The number of benzene rings is 2. The first-order valence-electron chi connectivity index (χ1n) is 8.89. The van der Waals surface area contributed by atoms with Crippen LogP contribution in [0.15, 0.2) is 48.5 Å². The van der Waals surface area contributed by atoms with Crippen LogP contribution in [0.25, 0.3) is 0 Å². The van der Waals surface area contributed by atoms with Gasteiger partial charge in [-0.2, -0.15) is 0 Å². The minimum atomic E-state index is -0.293. The van der Waals surface area contributed by atoms with Gasteiger partial charge in [0, 0.05) is 35.3 Å². The molecule has 3 rings (SSSR count). The second-order valence-corrected chi connectivity index (χ2v) is 8.21. The first-order valence-corrected chi connectivity index (χ1v) is 10.4. The van der Waals surface area contributed by atoms with E-state index in [0.29, 0.717) is 29.9 Å². The van der Waals surface area contributed by atoms with Crippen LogP contribution >= 0.6 is 34.8 Å². The molecular weight excluding hydrogens is 487 g/mol. The highest BCUT2D eigenvalue weighted by molar-refractivity contribution is 14.1. The first kappa shape index (κ1) is 20.7. The molecule has 2 amide bonds. The number of piperazine rings is 1. The molecule has 146 valence electrons. The van der Waals surface area contributed by atoms with Crippen LogP contribution in [0.5, 0.6) is 0 Å². The Morgan fingerprint density at radius 3 is 2.46 bits per heavy atom. The summed E-state index contributed by atoms with van der Waals surface area (Å²) in [6, 6.07) is 14.4. The van der Waals surface area contributed by atoms with E-state index in [4.69, 9.17) is 12.2 Å². The molecule has 0 spiro atoms. The van der Waals surface area contributed by atoms with Crippen molar-refractivity contribution in [3.63, 3.8) is 0 Å². The van der Waals surface area contributed by atoms with Gasteiger partial charge in [0.25, 0.3) is 11.8 Å². The highest BCUT2D eigenvalue weighted by atomic mass is 127. The van der Waals surface area contributed by atoms with Crippen molar-refractivity contribution in [1.82, 2.24) is 15.1 Å². The van der Waals surface area contributed by atoms with Crippen LogP contribution in [0.4, 0.5) is 5.69 Å². The predicted octanol–water partition coefficient (Wildman–Crippen LogP) is 2.81. The third-order valence-corrected chi connectivity index (χ3v) is 5.39. The Labute approximate surface area is 183 Å². The summed E-state index contributed by atoms with van der Waals surface area (Å²) in [5.41, 5.74) is 1.65. The summed E-state index contributed by atoms with van der Waals surface area (Å²) in [5.74, 6) is -0.332. The lowest BCUT2D eigenvalue weighted by molar-refractivity contribution is 0.0665. The minimum absolute atomic E-state index is 0.0389. The van der Waals surface area contributed by atoms with Crippen LogP contribution in [0, 0.1) is 3.57 Å². The number of hydrogen-bond donors (Lipinski definition) is 2. The number of rotatable bonds is 3. The molecule has 2 aromatic carbocycles. The zero-order chi connectivity index (χ0) is 20.1. The van der Waals surface area contributed by atoms with E-state index in [0.717, 1.165) is 16.7 Å². The largest absolute Gasteiger partial charge is 0.336 e. The van der Waals surface area contributed by atoms with Crippen molar-refractivity contribution >= 4 is 57.4 Å². The third-order valence-electron chi connectivity index (χ3n) is 4.51. The van der Waals surface area contributed by atoms with Gasteiger partial charge in [-0.25, -0.2) is 0 Å². The fourth-order valence-electron chi connectivity index (χ4n) is 2.92. The van der Waals surface area contributed by atoms with E-state index in [-0.39, 0.29) is 16.9 Å². The van der Waals surface area contributed by atoms with Crippen LogP contribution in [-0.2, 0) is 0 Å². The fraction of sp³-hybridized carbons (Fsp3) is 0.250. The van der Waals surface area contributed by atoms with E-state index in [1.165, 1.54) is 0 Å². The molecule has 0 bridgehead atoms. The van der Waals surface area contributed by atoms with Gasteiger partial charge in [0.05, 0.1) is 11.3 Å². The molecule has 2 N–H and O–H groups in total. The number of halogens is 1. The maximum absolute atomic E-state index is 12.9. The number of nitrogens with one attached hydrogen (secondary N) is 2. The SMILES string of the molecule is CN1CCN(C(=O)c2ccccc2NC(=S)NC(=O)c2cccc(I)c2)CC1. The molecule has 1 heterocycles. The van der Waals surface area contributed by atoms with Gasteiger partial charge in [-0.1, -0.05) is 18.2 Å². The summed E-state index contributed by atoms with van der Waals surface area (Å²) in [4.78, 5) is 29.3. The molecule has 0 radical (unpaired) electrons. The molecule has 1 saturated heterocycles. The number of carbonyl (C=O) groups excluding carboxylic acids is 2. The summed E-state index contributed by atoms with van der Waals surface area (Å²) < 4.78 is 0.965. The molecule has 0 saturated carbocycles. The van der Waals surface area contributed by atoms with Gasteiger partial charge in [-0.3, -0.25) is 14.9 Å². The van der Waals surface area contributed by atoms with E-state index in [9.17, 15) is 9.59 Å². The molecule has 0 unspecified atom stereocenters. The molecule has 0 atom stereocenters. The summed E-state index contributed by atoms with van der Waals surface area (Å²) in [7, 11) is 2.05. The highest BCUT2D eigenvalue weighted by Crippen LogP contribution is 2.18. The van der Waals surface area contributed by atoms with Crippen LogP contribution < -0.4 is 10.6 Å². The van der Waals surface area contributed by atoms with E-state index in [2.05, 4.69) is 38.1 Å². The first-order chi connectivity index (χ1) is 13.4. The summed E-state index contributed by atoms with van der Waals surface area (Å²) in [6.45, 7) is 3.09. The molecule has 6 nitrogen and oxygen atoms in total. The van der Waals surface area contributed by atoms with Crippen LogP contribution in [-0.4, -0.2) is 60.0 Å². The molecule has 1 fully saturated rings. The van der Waals surface area contributed by atoms with Gasteiger partial charge >= 0.3 is 0 Å². The van der Waals surface area contributed by atoms with Gasteiger partial charge in [0.2, 0.25) is 0 Å². The monoisotopic (exact) mass is 508 g/mol. The Bertz CT molecular complexity index is 897. The maximum Gasteiger partial charge on any atom is 0.257 e. The fourth-order valence-corrected chi connectivity index (χ4v) is 3.66. The maximum atomic E-state index is 12.9. The number of carbonyl (C=O) groups is 2. The zero-order valence-electron chi connectivity index (χ0n) is 15.4. The number of para-hydroxylation sites is 1. The average Bonchev–Trinajstić information content (AvgIpc) is 2.68. The predicted molar refractivity (Wildman–Crippen MR) is 123 cm³/mol. The average molecular weight is 508 g/mol. The zero-order valence-corrected chi connectivity index (χ0v) is 18.4. The Morgan fingerprint density at radius 1 is 1.04 bits per heavy atom. The number of amides is 2. The number of thiocarbonyl (C=S) groups is 1. The lowest BCUT2D eigenvalue weighted by Gasteiger charge is -2.32. The molecule has 0 aliphatic carbocycles. The number of nitrogens with zero attached hydrogens (tertiary/aromatic N) is 2. The lowest BCUT2D eigenvalue weighted by atomic mass is 10.1. The van der Waals surface area contributed by atoms with Gasteiger partial charge < -0.3 is 15.1 Å². The van der Waals surface area contributed by atoms with E-state index >= 15 is 0 Å². The molecule has 8 heteroatoms. The van der Waals surface area contributed by atoms with Crippen molar-refractivity contribution in [1.29, 1.82) is 0 Å². The number of likely N-dealkylation sites (N-methyl/N-ethyl adjacent to an activating group) is 1. The van der Waals surface area contributed by atoms with Crippen molar-refractivity contribution in [2.75, 3.05) is 38.5 Å².